The highest BCUT2D eigenvalue weighted by molar-refractivity contribution is 6.22. The Labute approximate surface area is 265 Å². The maximum atomic E-state index is 10.6. The van der Waals surface area contributed by atoms with Gasteiger partial charge in [0.15, 0.2) is 0 Å². The van der Waals surface area contributed by atoms with Gasteiger partial charge in [0.2, 0.25) is 5.69 Å². The average molecular weight is 585 g/mol. The molecule has 2 heterocycles. The lowest BCUT2D eigenvalue weighted by atomic mass is 10.0. The van der Waals surface area contributed by atoms with Gasteiger partial charge in [-0.05, 0) is 52.2 Å². The maximum Gasteiger partial charge on any atom is 0.212 e. The van der Waals surface area contributed by atoms with E-state index in [4.69, 9.17) is 6.57 Å². The number of hydrogen-bond acceptors (Lipinski definition) is 1. The van der Waals surface area contributed by atoms with Gasteiger partial charge in [-0.1, -0.05) is 115 Å². The van der Waals surface area contributed by atoms with Gasteiger partial charge in [0, 0.05) is 21.5 Å². The van der Waals surface area contributed by atoms with Crippen LogP contribution in [0.25, 0.3) is 81.7 Å². The summed E-state index contributed by atoms with van der Waals surface area (Å²) in [5.41, 5.74) is 8.59. The van der Waals surface area contributed by atoms with Crippen LogP contribution in [0, 0.1) is 17.9 Å². The van der Waals surface area contributed by atoms with Gasteiger partial charge < -0.3 is 9.13 Å². The summed E-state index contributed by atoms with van der Waals surface area (Å²) in [5.74, 6) is 0. The van der Waals surface area contributed by atoms with Crippen LogP contribution in [0.15, 0.2) is 146 Å². The van der Waals surface area contributed by atoms with Crippen LogP contribution in [0.2, 0.25) is 0 Å². The maximum absolute atomic E-state index is 10.6. The summed E-state index contributed by atoms with van der Waals surface area (Å²) in [6.45, 7) is 8.38. The first kappa shape index (κ1) is 25.8. The lowest BCUT2D eigenvalue weighted by molar-refractivity contribution is 1.09. The van der Waals surface area contributed by atoms with Crippen molar-refractivity contribution in [1.82, 2.24) is 9.13 Å². The number of benzene rings is 7. The van der Waals surface area contributed by atoms with Crippen LogP contribution in [-0.4, -0.2) is 9.13 Å². The van der Waals surface area contributed by atoms with Crippen LogP contribution in [0.1, 0.15) is 5.56 Å². The molecule has 0 bridgehead atoms. The van der Waals surface area contributed by atoms with Gasteiger partial charge in [-0.15, -0.1) is 0 Å². The van der Waals surface area contributed by atoms with Gasteiger partial charge in [-0.3, -0.25) is 0 Å². The summed E-state index contributed by atoms with van der Waals surface area (Å²) < 4.78 is 4.38. The summed E-state index contributed by atoms with van der Waals surface area (Å²) in [4.78, 5) is 4.08. The first-order valence-electron chi connectivity index (χ1n) is 15.2. The van der Waals surface area contributed by atoms with Crippen molar-refractivity contribution in [2.24, 2.45) is 0 Å². The molecule has 0 aliphatic carbocycles. The van der Waals surface area contributed by atoms with E-state index in [1.165, 1.54) is 0 Å². The lowest BCUT2D eigenvalue weighted by Crippen LogP contribution is -2.06. The van der Waals surface area contributed by atoms with Crippen LogP contribution in [0.3, 0.4) is 0 Å². The molecule has 0 aliphatic rings. The molecule has 0 spiro atoms. The van der Waals surface area contributed by atoms with Crippen molar-refractivity contribution < 1.29 is 0 Å². The molecule has 0 N–H and O–H groups in total. The molecule has 0 amide bonds. The molecule has 212 valence electrons. The van der Waals surface area contributed by atoms with Gasteiger partial charge >= 0.3 is 0 Å². The normalized spacial score (nSPS) is 11.4. The second-order valence-corrected chi connectivity index (χ2v) is 11.5. The fourth-order valence-electron chi connectivity index (χ4n) is 7.20. The van der Waals surface area contributed by atoms with Crippen molar-refractivity contribution >= 4 is 60.1 Å². The molecule has 0 radical (unpaired) electrons. The first-order valence-corrected chi connectivity index (χ1v) is 15.2. The van der Waals surface area contributed by atoms with E-state index in [2.05, 4.69) is 123 Å². The molecule has 4 heteroatoms. The van der Waals surface area contributed by atoms with Gasteiger partial charge in [-0.25, -0.2) is 4.85 Å². The fraction of sp³-hybridized carbons (Fsp3) is 0. The third-order valence-electron chi connectivity index (χ3n) is 9.16. The Hall–Kier alpha value is -6.62. The van der Waals surface area contributed by atoms with E-state index in [0.29, 0.717) is 22.6 Å². The van der Waals surface area contributed by atoms with E-state index in [9.17, 15) is 5.26 Å². The third-order valence-corrected chi connectivity index (χ3v) is 9.16. The SMILES string of the molecule is [C-]#[N+]c1ccc(C#N)c(-n2c3ccccc3c3ccccc32)c1-n1c2ccc(-c3ccccc3)cc2c2c3ccccc3ccc21. The van der Waals surface area contributed by atoms with Crippen molar-refractivity contribution in [3.8, 4) is 28.6 Å². The van der Waals surface area contributed by atoms with E-state index >= 15 is 0 Å². The Morgan fingerprint density at radius 3 is 1.83 bits per heavy atom. The van der Waals surface area contributed by atoms with E-state index in [1.54, 1.807) is 12.1 Å². The Morgan fingerprint density at radius 2 is 1.11 bits per heavy atom. The fourth-order valence-corrected chi connectivity index (χ4v) is 7.20. The summed E-state index contributed by atoms with van der Waals surface area (Å²) in [6, 6.07) is 52.4. The molecule has 0 atom stereocenters. The Bertz CT molecular complexity index is 2710. The zero-order valence-corrected chi connectivity index (χ0v) is 24.6. The predicted molar refractivity (Wildman–Crippen MR) is 189 cm³/mol. The van der Waals surface area contributed by atoms with Crippen LogP contribution in [0.5, 0.6) is 0 Å². The molecule has 9 rings (SSSR count). The quantitative estimate of drug-likeness (QED) is 0.190. The van der Waals surface area contributed by atoms with E-state index in [0.717, 1.165) is 65.5 Å². The van der Waals surface area contributed by atoms with E-state index < -0.39 is 0 Å². The van der Waals surface area contributed by atoms with Crippen molar-refractivity contribution in [2.75, 3.05) is 0 Å². The highest BCUT2D eigenvalue weighted by Crippen LogP contribution is 2.45. The zero-order valence-electron chi connectivity index (χ0n) is 24.6. The Balaban J connectivity index is 1.50. The number of hydrogen-bond donors (Lipinski definition) is 0. The summed E-state index contributed by atoms with van der Waals surface area (Å²) in [6.07, 6.45) is 0. The lowest BCUT2D eigenvalue weighted by Gasteiger charge is -2.20. The van der Waals surface area contributed by atoms with Crippen LogP contribution in [0.4, 0.5) is 5.69 Å². The van der Waals surface area contributed by atoms with Crippen molar-refractivity contribution in [2.45, 2.75) is 0 Å². The van der Waals surface area contributed by atoms with Gasteiger partial charge in [0.1, 0.15) is 6.07 Å². The van der Waals surface area contributed by atoms with Crippen molar-refractivity contribution in [3.05, 3.63) is 163 Å². The summed E-state index contributed by atoms with van der Waals surface area (Å²) in [7, 11) is 0. The largest absolute Gasteiger partial charge is 0.317 e. The van der Waals surface area contributed by atoms with Crippen molar-refractivity contribution in [1.29, 1.82) is 5.26 Å². The zero-order chi connectivity index (χ0) is 30.8. The standard InChI is InChI=1S/C42H24N4/c1-44-35-22-19-30(26-43)41(45-36-17-9-7-15-32(36)33-16-8-10-18-37(33)45)42(35)46-38-23-21-29(27-11-3-2-4-12-27)25-34(38)40-31-14-6-5-13-28(31)20-24-39(40)46/h2-25H. The molecule has 0 unspecified atom stereocenters. The molecular weight excluding hydrogens is 560 g/mol. The molecule has 0 fully saturated rings. The Morgan fingerprint density at radius 1 is 0.500 bits per heavy atom. The third kappa shape index (κ3) is 3.59. The monoisotopic (exact) mass is 584 g/mol. The second kappa shape index (κ2) is 9.96. The first-order chi connectivity index (χ1) is 22.8. The molecule has 0 saturated heterocycles. The van der Waals surface area contributed by atoms with E-state index in [-0.39, 0.29) is 0 Å². The minimum atomic E-state index is 0.481. The topological polar surface area (TPSA) is 38.0 Å². The summed E-state index contributed by atoms with van der Waals surface area (Å²) >= 11 is 0. The molecule has 4 nitrogen and oxygen atoms in total. The number of nitriles is 1. The van der Waals surface area contributed by atoms with Gasteiger partial charge in [-0.2, -0.15) is 5.26 Å². The highest BCUT2D eigenvalue weighted by atomic mass is 15.1. The smallest absolute Gasteiger partial charge is 0.212 e. The number of rotatable bonds is 3. The van der Waals surface area contributed by atoms with Crippen LogP contribution >= 0.6 is 0 Å². The average Bonchev–Trinajstić information content (AvgIpc) is 3.64. The second-order valence-electron chi connectivity index (χ2n) is 11.5. The molecule has 46 heavy (non-hydrogen) atoms. The van der Waals surface area contributed by atoms with Crippen LogP contribution < -0.4 is 0 Å². The van der Waals surface area contributed by atoms with Crippen molar-refractivity contribution in [3.63, 3.8) is 0 Å². The highest BCUT2D eigenvalue weighted by Gasteiger charge is 2.25. The minimum Gasteiger partial charge on any atom is -0.317 e. The number of nitrogens with zero attached hydrogens (tertiary/aromatic N) is 4. The number of fused-ring (bicyclic) bond motifs is 8. The number of aromatic nitrogens is 2. The molecule has 0 saturated carbocycles. The minimum absolute atomic E-state index is 0.481. The Kier molecular flexibility index (Phi) is 5.59. The molecule has 0 aliphatic heterocycles. The predicted octanol–water partition coefficient (Wildman–Crippen LogP) is 11.1. The van der Waals surface area contributed by atoms with E-state index in [1.807, 2.05) is 30.3 Å². The molecular formula is C42H24N4. The van der Waals surface area contributed by atoms with Gasteiger partial charge in [0.05, 0.1) is 45.6 Å². The molecule has 2 aromatic heterocycles. The van der Waals surface area contributed by atoms with Gasteiger partial charge in [0.25, 0.3) is 0 Å². The molecule has 7 aromatic carbocycles. The molecule has 9 aromatic rings. The summed E-state index contributed by atoms with van der Waals surface area (Å²) in [5, 5.41) is 17.3. The number of para-hydroxylation sites is 2. The van der Waals surface area contributed by atoms with Crippen LogP contribution in [-0.2, 0) is 0 Å².